The van der Waals surface area contributed by atoms with E-state index in [-0.39, 0.29) is 18.1 Å². The first-order chi connectivity index (χ1) is 8.51. The lowest BCUT2D eigenvalue weighted by Gasteiger charge is -2.18. The highest BCUT2D eigenvalue weighted by Gasteiger charge is 2.32. The summed E-state index contributed by atoms with van der Waals surface area (Å²) in [5, 5.41) is 2.65. The molecule has 0 saturated heterocycles. The minimum Gasteiger partial charge on any atom is -0.398 e. The van der Waals surface area contributed by atoms with Crippen LogP contribution in [0.3, 0.4) is 0 Å². The zero-order valence-electron chi connectivity index (χ0n) is 11.1. The quantitative estimate of drug-likeness (QED) is 0.815. The van der Waals surface area contributed by atoms with Gasteiger partial charge in [0, 0.05) is 17.6 Å². The molecule has 0 saturated carbocycles. The third-order valence-electron chi connectivity index (χ3n) is 2.56. The zero-order valence-corrected chi connectivity index (χ0v) is 11.1. The summed E-state index contributed by atoms with van der Waals surface area (Å²) in [6, 6.07) is 3.46. The molecule has 0 aromatic heterocycles. The molecule has 1 aromatic carbocycles. The maximum absolute atomic E-state index is 12.5. The van der Waals surface area contributed by atoms with Crippen molar-refractivity contribution in [2.75, 3.05) is 5.73 Å². The minimum absolute atomic E-state index is 0.151. The largest absolute Gasteiger partial charge is 0.418 e. The van der Waals surface area contributed by atoms with E-state index in [9.17, 15) is 18.0 Å². The van der Waals surface area contributed by atoms with Crippen LogP contribution in [0.1, 0.15) is 31.9 Å². The average Bonchev–Trinajstić information content (AvgIpc) is 2.22. The molecule has 0 fully saturated rings. The molecule has 1 rings (SSSR count). The number of benzene rings is 1. The summed E-state index contributed by atoms with van der Waals surface area (Å²) in [7, 11) is 0. The number of amides is 1. The lowest BCUT2D eigenvalue weighted by molar-refractivity contribution is -0.137. The molecule has 1 amide bonds. The molecule has 0 aliphatic rings. The van der Waals surface area contributed by atoms with Crippen LogP contribution in [-0.4, -0.2) is 5.91 Å². The molecule has 6 heteroatoms. The second kappa shape index (κ2) is 5.11. The number of hydrogen-bond donors (Lipinski definition) is 2. The SMILES string of the molecule is CC(C)(C)C(=O)NCc1ccc(C(F)(F)F)c(N)c1. The molecule has 3 nitrogen and oxygen atoms in total. The molecule has 106 valence electrons. The summed E-state index contributed by atoms with van der Waals surface area (Å²) in [6.45, 7) is 5.41. The van der Waals surface area contributed by atoms with Crippen molar-refractivity contribution in [3.05, 3.63) is 29.3 Å². The third-order valence-corrected chi connectivity index (χ3v) is 2.56. The van der Waals surface area contributed by atoms with Crippen LogP contribution < -0.4 is 11.1 Å². The van der Waals surface area contributed by atoms with Crippen LogP contribution in [0, 0.1) is 5.41 Å². The van der Waals surface area contributed by atoms with Crippen molar-refractivity contribution in [3.8, 4) is 0 Å². The van der Waals surface area contributed by atoms with Gasteiger partial charge < -0.3 is 11.1 Å². The van der Waals surface area contributed by atoms with Crippen molar-refractivity contribution in [1.82, 2.24) is 5.32 Å². The van der Waals surface area contributed by atoms with Gasteiger partial charge in [0.1, 0.15) is 0 Å². The maximum atomic E-state index is 12.5. The standard InChI is InChI=1S/C13H17F3N2O/c1-12(2,3)11(19)18-7-8-4-5-9(10(17)6-8)13(14,15)16/h4-6H,7,17H2,1-3H3,(H,18,19). The summed E-state index contributed by atoms with van der Waals surface area (Å²) < 4.78 is 37.5. The molecule has 0 unspecified atom stereocenters. The molecule has 0 heterocycles. The van der Waals surface area contributed by atoms with Gasteiger partial charge in [-0.15, -0.1) is 0 Å². The van der Waals surface area contributed by atoms with Crippen LogP contribution in [0.15, 0.2) is 18.2 Å². The molecular formula is C13H17F3N2O. The highest BCUT2D eigenvalue weighted by molar-refractivity contribution is 5.81. The zero-order chi connectivity index (χ0) is 14.8. The number of anilines is 1. The minimum atomic E-state index is -4.46. The fourth-order valence-electron chi connectivity index (χ4n) is 1.43. The van der Waals surface area contributed by atoms with Crippen molar-refractivity contribution in [2.24, 2.45) is 5.41 Å². The van der Waals surface area contributed by atoms with E-state index in [4.69, 9.17) is 5.73 Å². The predicted octanol–water partition coefficient (Wildman–Crippen LogP) is 2.95. The summed E-state index contributed by atoms with van der Waals surface area (Å²) >= 11 is 0. The Labute approximate surface area is 110 Å². The molecule has 1 aromatic rings. The van der Waals surface area contributed by atoms with Gasteiger partial charge in [-0.25, -0.2) is 0 Å². The van der Waals surface area contributed by atoms with Crippen molar-refractivity contribution in [3.63, 3.8) is 0 Å². The summed E-state index contributed by atoms with van der Waals surface area (Å²) in [4.78, 5) is 11.6. The molecular weight excluding hydrogens is 257 g/mol. The molecule has 19 heavy (non-hydrogen) atoms. The van der Waals surface area contributed by atoms with Crippen molar-refractivity contribution >= 4 is 11.6 Å². The van der Waals surface area contributed by atoms with Gasteiger partial charge >= 0.3 is 6.18 Å². The lowest BCUT2D eigenvalue weighted by atomic mass is 9.95. The first-order valence-corrected chi connectivity index (χ1v) is 5.75. The smallest absolute Gasteiger partial charge is 0.398 e. The number of nitrogens with two attached hydrogens (primary N) is 1. The Bertz CT molecular complexity index is 476. The van der Waals surface area contributed by atoms with Gasteiger partial charge in [-0.2, -0.15) is 13.2 Å². The van der Waals surface area contributed by atoms with Gasteiger partial charge in [0.15, 0.2) is 0 Å². The van der Waals surface area contributed by atoms with Crippen LogP contribution in [-0.2, 0) is 17.5 Å². The monoisotopic (exact) mass is 274 g/mol. The number of nitrogen functional groups attached to an aromatic ring is 1. The number of halogens is 3. The Morgan fingerprint density at radius 3 is 2.26 bits per heavy atom. The second-order valence-electron chi connectivity index (χ2n) is 5.35. The van der Waals surface area contributed by atoms with Crippen LogP contribution in [0.4, 0.5) is 18.9 Å². The fourth-order valence-corrected chi connectivity index (χ4v) is 1.43. The highest BCUT2D eigenvalue weighted by atomic mass is 19.4. The highest BCUT2D eigenvalue weighted by Crippen LogP contribution is 2.33. The maximum Gasteiger partial charge on any atom is 0.418 e. The van der Waals surface area contributed by atoms with Crippen molar-refractivity contribution < 1.29 is 18.0 Å². The Hall–Kier alpha value is -1.72. The molecule has 0 radical (unpaired) electrons. The number of carbonyl (C=O) groups excluding carboxylic acids is 1. The molecule has 0 spiro atoms. The Kier molecular flexibility index (Phi) is 4.12. The molecule has 0 atom stereocenters. The van der Waals surface area contributed by atoms with E-state index < -0.39 is 17.2 Å². The van der Waals surface area contributed by atoms with E-state index in [1.165, 1.54) is 12.1 Å². The van der Waals surface area contributed by atoms with E-state index in [1.807, 2.05) is 0 Å². The molecule has 0 aliphatic heterocycles. The number of carbonyl (C=O) groups is 1. The second-order valence-corrected chi connectivity index (χ2v) is 5.35. The average molecular weight is 274 g/mol. The van der Waals surface area contributed by atoms with Gasteiger partial charge in [-0.1, -0.05) is 26.8 Å². The van der Waals surface area contributed by atoms with Crippen LogP contribution in [0.2, 0.25) is 0 Å². The van der Waals surface area contributed by atoms with Crippen molar-refractivity contribution in [1.29, 1.82) is 0 Å². The Morgan fingerprint density at radius 2 is 1.84 bits per heavy atom. The third kappa shape index (κ3) is 4.15. The van der Waals surface area contributed by atoms with E-state index in [0.29, 0.717) is 5.56 Å². The van der Waals surface area contributed by atoms with Gasteiger partial charge in [-0.05, 0) is 17.7 Å². The van der Waals surface area contributed by atoms with Gasteiger partial charge in [-0.3, -0.25) is 4.79 Å². The first-order valence-electron chi connectivity index (χ1n) is 5.75. The first kappa shape index (κ1) is 15.3. The van der Waals surface area contributed by atoms with E-state index in [2.05, 4.69) is 5.32 Å². The number of alkyl halides is 3. The molecule has 0 bridgehead atoms. The van der Waals surface area contributed by atoms with E-state index in [1.54, 1.807) is 20.8 Å². The number of nitrogens with one attached hydrogen (secondary N) is 1. The summed E-state index contributed by atoms with van der Waals surface area (Å²) in [6.07, 6.45) is -4.46. The topological polar surface area (TPSA) is 55.1 Å². The number of hydrogen-bond acceptors (Lipinski definition) is 2. The summed E-state index contributed by atoms with van der Waals surface area (Å²) in [5.41, 5.74) is 4.15. The van der Waals surface area contributed by atoms with E-state index >= 15 is 0 Å². The van der Waals surface area contributed by atoms with Crippen LogP contribution >= 0.6 is 0 Å². The van der Waals surface area contributed by atoms with E-state index in [0.717, 1.165) is 6.07 Å². The normalized spacial score (nSPS) is 12.3. The van der Waals surface area contributed by atoms with Gasteiger partial charge in [0.05, 0.1) is 5.56 Å². The fraction of sp³-hybridized carbons (Fsp3) is 0.462. The van der Waals surface area contributed by atoms with Crippen LogP contribution in [0.25, 0.3) is 0 Å². The van der Waals surface area contributed by atoms with Gasteiger partial charge in [0.2, 0.25) is 5.91 Å². The van der Waals surface area contributed by atoms with Crippen molar-refractivity contribution in [2.45, 2.75) is 33.5 Å². The lowest BCUT2D eigenvalue weighted by Crippen LogP contribution is -2.34. The Morgan fingerprint density at radius 1 is 1.26 bits per heavy atom. The van der Waals surface area contributed by atoms with Gasteiger partial charge in [0.25, 0.3) is 0 Å². The number of rotatable bonds is 2. The Balaban J connectivity index is 2.78. The predicted molar refractivity (Wildman–Crippen MR) is 67.2 cm³/mol. The summed E-state index contributed by atoms with van der Waals surface area (Å²) in [5.74, 6) is -0.175. The van der Waals surface area contributed by atoms with Crippen LogP contribution in [0.5, 0.6) is 0 Å². The molecule has 3 N–H and O–H groups in total. The molecule has 0 aliphatic carbocycles.